The van der Waals surface area contributed by atoms with Crippen molar-refractivity contribution in [2.24, 2.45) is 5.16 Å². The first kappa shape index (κ1) is 10.5. The number of rotatable bonds is 2. The van der Waals surface area contributed by atoms with E-state index in [1.165, 1.54) is 13.0 Å². The van der Waals surface area contributed by atoms with Crippen LogP contribution in [0.2, 0.25) is 0 Å². The van der Waals surface area contributed by atoms with Gasteiger partial charge in [-0.3, -0.25) is 0 Å². The monoisotopic (exact) mass is 221 g/mol. The maximum absolute atomic E-state index is 10.9. The SMILES string of the molecule is CC1(C(=O)O)CC(c2ccccc2O)=NO1. The molecule has 1 aromatic carbocycles. The molecule has 1 aliphatic rings. The minimum absolute atomic E-state index is 0.0690. The Morgan fingerprint density at radius 2 is 2.19 bits per heavy atom. The predicted octanol–water partition coefficient (Wildman–Crippen LogP) is 1.36. The highest BCUT2D eigenvalue weighted by Crippen LogP contribution is 2.29. The molecule has 5 nitrogen and oxygen atoms in total. The smallest absolute Gasteiger partial charge is 0.351 e. The van der Waals surface area contributed by atoms with Crippen molar-refractivity contribution in [2.75, 3.05) is 0 Å². The molecule has 0 amide bonds. The summed E-state index contributed by atoms with van der Waals surface area (Å²) in [4.78, 5) is 15.8. The molecule has 1 heterocycles. The van der Waals surface area contributed by atoms with Gasteiger partial charge in [0.1, 0.15) is 5.75 Å². The van der Waals surface area contributed by atoms with Gasteiger partial charge in [-0.1, -0.05) is 17.3 Å². The molecule has 5 heteroatoms. The molecule has 0 radical (unpaired) electrons. The maximum Gasteiger partial charge on any atom is 0.351 e. The zero-order valence-electron chi connectivity index (χ0n) is 8.67. The number of benzene rings is 1. The van der Waals surface area contributed by atoms with Gasteiger partial charge in [-0.2, -0.15) is 0 Å². The number of phenolic OH excluding ortho intramolecular Hbond substituents is 1. The van der Waals surface area contributed by atoms with Gasteiger partial charge in [-0.25, -0.2) is 4.79 Å². The summed E-state index contributed by atoms with van der Waals surface area (Å²) in [7, 11) is 0. The van der Waals surface area contributed by atoms with Crippen LogP contribution in [-0.2, 0) is 9.63 Å². The lowest BCUT2D eigenvalue weighted by Crippen LogP contribution is -2.35. The third-order valence-electron chi connectivity index (χ3n) is 2.53. The molecule has 1 aromatic rings. The van der Waals surface area contributed by atoms with Crippen molar-refractivity contribution in [2.45, 2.75) is 18.9 Å². The number of phenols is 1. The van der Waals surface area contributed by atoms with Crippen LogP contribution in [0.5, 0.6) is 5.75 Å². The average molecular weight is 221 g/mol. The van der Waals surface area contributed by atoms with Crippen LogP contribution in [-0.4, -0.2) is 27.5 Å². The molecule has 16 heavy (non-hydrogen) atoms. The van der Waals surface area contributed by atoms with Crippen LogP contribution in [0, 0.1) is 0 Å². The molecule has 0 spiro atoms. The first-order valence-corrected chi connectivity index (χ1v) is 4.80. The minimum atomic E-state index is -1.34. The van der Waals surface area contributed by atoms with Crippen LogP contribution < -0.4 is 0 Å². The van der Waals surface area contributed by atoms with E-state index in [4.69, 9.17) is 9.94 Å². The number of carboxylic acids is 1. The molecular weight excluding hydrogens is 210 g/mol. The number of oxime groups is 1. The van der Waals surface area contributed by atoms with E-state index < -0.39 is 11.6 Å². The van der Waals surface area contributed by atoms with Crippen molar-refractivity contribution in [3.8, 4) is 5.75 Å². The van der Waals surface area contributed by atoms with Gasteiger partial charge in [-0.15, -0.1) is 0 Å². The highest BCUT2D eigenvalue weighted by Gasteiger charge is 2.42. The normalized spacial score (nSPS) is 23.7. The van der Waals surface area contributed by atoms with Gasteiger partial charge in [0, 0.05) is 12.0 Å². The fraction of sp³-hybridized carbons (Fsp3) is 0.273. The first-order chi connectivity index (χ1) is 7.53. The van der Waals surface area contributed by atoms with Crippen LogP contribution in [0.1, 0.15) is 18.9 Å². The molecule has 1 aliphatic heterocycles. The Hall–Kier alpha value is -2.04. The number of para-hydroxylation sites is 1. The Bertz CT molecular complexity index is 469. The Morgan fingerprint density at radius 1 is 1.50 bits per heavy atom. The second kappa shape index (κ2) is 3.52. The lowest BCUT2D eigenvalue weighted by molar-refractivity contribution is -0.160. The van der Waals surface area contributed by atoms with Crippen molar-refractivity contribution in [3.63, 3.8) is 0 Å². The summed E-state index contributed by atoms with van der Waals surface area (Å²) >= 11 is 0. The van der Waals surface area contributed by atoms with E-state index >= 15 is 0 Å². The van der Waals surface area contributed by atoms with E-state index in [9.17, 15) is 9.90 Å². The molecule has 0 aliphatic carbocycles. The second-order valence-corrected chi connectivity index (χ2v) is 3.86. The topological polar surface area (TPSA) is 79.1 Å². The zero-order chi connectivity index (χ0) is 11.8. The molecule has 0 saturated carbocycles. The van der Waals surface area contributed by atoms with E-state index in [0.717, 1.165) is 0 Å². The molecule has 2 N–H and O–H groups in total. The van der Waals surface area contributed by atoms with E-state index in [1.54, 1.807) is 18.2 Å². The number of aromatic hydroxyl groups is 1. The summed E-state index contributed by atoms with van der Waals surface area (Å²) < 4.78 is 0. The average Bonchev–Trinajstić information content (AvgIpc) is 2.63. The number of carbonyl (C=O) groups is 1. The summed E-state index contributed by atoms with van der Waals surface area (Å²) in [6, 6.07) is 6.62. The second-order valence-electron chi connectivity index (χ2n) is 3.86. The van der Waals surface area contributed by atoms with E-state index in [2.05, 4.69) is 5.16 Å². The predicted molar refractivity (Wildman–Crippen MR) is 56.4 cm³/mol. The quantitative estimate of drug-likeness (QED) is 0.790. The fourth-order valence-electron chi connectivity index (χ4n) is 1.52. The van der Waals surface area contributed by atoms with Crippen LogP contribution in [0.3, 0.4) is 0 Å². The lowest BCUT2D eigenvalue weighted by atomic mass is 9.96. The molecule has 0 bridgehead atoms. The molecule has 1 unspecified atom stereocenters. The first-order valence-electron chi connectivity index (χ1n) is 4.80. The Morgan fingerprint density at radius 3 is 2.75 bits per heavy atom. The van der Waals surface area contributed by atoms with Gasteiger partial charge in [0.15, 0.2) is 0 Å². The maximum atomic E-state index is 10.9. The molecule has 84 valence electrons. The molecule has 0 aromatic heterocycles. The highest BCUT2D eigenvalue weighted by atomic mass is 16.7. The lowest BCUT2D eigenvalue weighted by Gasteiger charge is -2.14. The van der Waals surface area contributed by atoms with Gasteiger partial charge in [0.25, 0.3) is 0 Å². The standard InChI is InChI=1S/C11H11NO4/c1-11(10(14)15)6-8(12-16-11)7-4-2-3-5-9(7)13/h2-5,13H,6H2,1H3,(H,14,15). The summed E-state index contributed by atoms with van der Waals surface area (Å²) in [6.07, 6.45) is 0.139. The van der Waals surface area contributed by atoms with Gasteiger partial charge >= 0.3 is 5.97 Å². The zero-order valence-corrected chi connectivity index (χ0v) is 8.67. The Balaban J connectivity index is 2.28. The molecule has 2 rings (SSSR count). The third-order valence-corrected chi connectivity index (χ3v) is 2.53. The van der Waals surface area contributed by atoms with Crippen molar-refractivity contribution >= 4 is 11.7 Å². The molecular formula is C11H11NO4. The Labute approximate surface area is 92.0 Å². The largest absolute Gasteiger partial charge is 0.507 e. The number of hydrogen-bond acceptors (Lipinski definition) is 4. The van der Waals surface area contributed by atoms with E-state index in [-0.39, 0.29) is 12.2 Å². The fourth-order valence-corrected chi connectivity index (χ4v) is 1.52. The summed E-state index contributed by atoms with van der Waals surface area (Å²) in [5.41, 5.74) is -0.382. The Kier molecular flexibility index (Phi) is 2.30. The van der Waals surface area contributed by atoms with Crippen molar-refractivity contribution in [1.82, 2.24) is 0 Å². The summed E-state index contributed by atoms with van der Waals surface area (Å²) in [6.45, 7) is 1.45. The number of aliphatic carboxylic acids is 1. The van der Waals surface area contributed by atoms with Crippen LogP contribution >= 0.6 is 0 Å². The van der Waals surface area contributed by atoms with E-state index in [0.29, 0.717) is 11.3 Å². The molecule has 0 fully saturated rings. The van der Waals surface area contributed by atoms with Gasteiger partial charge in [0.2, 0.25) is 5.60 Å². The minimum Gasteiger partial charge on any atom is -0.507 e. The van der Waals surface area contributed by atoms with Gasteiger partial charge < -0.3 is 15.1 Å². The number of carboxylic acid groups (broad SMARTS) is 1. The summed E-state index contributed by atoms with van der Waals surface area (Å²) in [5.74, 6) is -0.999. The number of nitrogens with zero attached hydrogens (tertiary/aromatic N) is 1. The van der Waals surface area contributed by atoms with Crippen LogP contribution in [0.25, 0.3) is 0 Å². The highest BCUT2D eigenvalue weighted by molar-refractivity contribution is 6.06. The van der Waals surface area contributed by atoms with Crippen molar-refractivity contribution < 1.29 is 19.8 Å². The number of hydrogen-bond donors (Lipinski definition) is 2. The molecule has 0 saturated heterocycles. The van der Waals surface area contributed by atoms with Gasteiger partial charge in [-0.05, 0) is 19.1 Å². The van der Waals surface area contributed by atoms with Gasteiger partial charge in [0.05, 0.1) is 5.71 Å². The third kappa shape index (κ3) is 1.60. The van der Waals surface area contributed by atoms with Crippen molar-refractivity contribution in [1.29, 1.82) is 0 Å². The van der Waals surface area contributed by atoms with E-state index in [1.807, 2.05) is 0 Å². The van der Waals surface area contributed by atoms with Crippen LogP contribution in [0.15, 0.2) is 29.4 Å². The van der Waals surface area contributed by atoms with Crippen LogP contribution in [0.4, 0.5) is 0 Å². The molecule has 1 atom stereocenters. The summed E-state index contributed by atoms with van der Waals surface area (Å²) in [5, 5.41) is 22.3. The van der Waals surface area contributed by atoms with Crippen molar-refractivity contribution in [3.05, 3.63) is 29.8 Å².